The summed E-state index contributed by atoms with van der Waals surface area (Å²) in [5, 5.41) is 10.2. The number of anilines is 1. The molecule has 2 aromatic heterocycles. The van der Waals surface area contributed by atoms with E-state index in [9.17, 15) is 18.0 Å². The molecule has 0 saturated heterocycles. The van der Waals surface area contributed by atoms with Crippen LogP contribution in [0.5, 0.6) is 0 Å². The Balaban J connectivity index is 1.66. The number of nitrogen functional groups attached to an aromatic ring is 1. The van der Waals surface area contributed by atoms with Gasteiger partial charge < -0.3 is 11.2 Å². The first-order chi connectivity index (χ1) is 13.3. The Morgan fingerprint density at radius 2 is 1.93 bits per heavy atom. The first-order valence-electron chi connectivity index (χ1n) is 8.01. The number of pyridine rings is 1. The number of carbonyl (C=O) groups is 1. The molecule has 7 nitrogen and oxygen atoms in total. The molecule has 0 bridgehead atoms. The van der Waals surface area contributed by atoms with Crippen LogP contribution in [-0.2, 0) is 11.0 Å². The second-order valence-electron chi connectivity index (χ2n) is 5.74. The van der Waals surface area contributed by atoms with Crippen LogP contribution in [0.4, 0.5) is 18.9 Å². The van der Waals surface area contributed by atoms with E-state index in [4.69, 9.17) is 5.84 Å². The van der Waals surface area contributed by atoms with E-state index in [0.29, 0.717) is 16.5 Å². The van der Waals surface area contributed by atoms with Crippen molar-refractivity contribution in [2.45, 2.75) is 23.5 Å². The van der Waals surface area contributed by atoms with E-state index >= 15 is 0 Å². The summed E-state index contributed by atoms with van der Waals surface area (Å²) in [5.74, 6) is 5.99. The molecular formula is C17H15F3N6OS. The van der Waals surface area contributed by atoms with Gasteiger partial charge in [0.1, 0.15) is 0 Å². The zero-order valence-electron chi connectivity index (χ0n) is 14.5. The minimum absolute atomic E-state index is 0.260. The minimum Gasteiger partial charge on any atom is -0.335 e. The van der Waals surface area contributed by atoms with Gasteiger partial charge in [0.05, 0.1) is 10.8 Å². The molecule has 1 amide bonds. The summed E-state index contributed by atoms with van der Waals surface area (Å²) in [6, 6.07) is 7.72. The average molecular weight is 408 g/mol. The number of aromatic nitrogens is 4. The summed E-state index contributed by atoms with van der Waals surface area (Å²) >= 11 is 1.07. The highest BCUT2D eigenvalue weighted by Crippen LogP contribution is 2.30. The van der Waals surface area contributed by atoms with Crippen LogP contribution in [0.15, 0.2) is 53.9 Å². The van der Waals surface area contributed by atoms with E-state index in [2.05, 4.69) is 20.5 Å². The number of hydrogen-bond donors (Lipinski definition) is 2. The van der Waals surface area contributed by atoms with Crippen LogP contribution in [0.1, 0.15) is 12.5 Å². The van der Waals surface area contributed by atoms with Gasteiger partial charge in [0.15, 0.2) is 5.82 Å². The first kappa shape index (κ1) is 19.7. The third-order valence-corrected chi connectivity index (χ3v) is 4.77. The van der Waals surface area contributed by atoms with Crippen molar-refractivity contribution in [3.05, 3.63) is 54.4 Å². The van der Waals surface area contributed by atoms with Crippen molar-refractivity contribution in [2.24, 2.45) is 0 Å². The number of nitrogens with two attached hydrogens (primary N) is 1. The van der Waals surface area contributed by atoms with Crippen molar-refractivity contribution in [1.29, 1.82) is 0 Å². The molecule has 0 aliphatic heterocycles. The van der Waals surface area contributed by atoms with Crippen molar-refractivity contribution in [3.8, 4) is 11.4 Å². The van der Waals surface area contributed by atoms with Gasteiger partial charge in [-0.1, -0.05) is 11.8 Å². The van der Waals surface area contributed by atoms with E-state index in [1.165, 1.54) is 16.8 Å². The minimum atomic E-state index is -4.43. The topological polar surface area (TPSA) is 98.7 Å². The standard InChI is InChI=1S/C17H15F3N6OS/c1-10(15(27)23-13-6-4-12(5-7-13)17(18,19)20)28-16-25-24-14(26(16)21)11-3-2-8-22-9-11/h2-10H,21H2,1H3,(H,23,27)/t10-/m1/s1. The molecule has 0 aliphatic rings. The van der Waals surface area contributed by atoms with Gasteiger partial charge in [0, 0.05) is 23.6 Å². The SMILES string of the molecule is C[C@@H](Sc1nnc(-c2cccnc2)n1N)C(=O)Nc1ccc(C(F)(F)F)cc1. The van der Waals surface area contributed by atoms with E-state index in [-0.39, 0.29) is 5.69 Å². The largest absolute Gasteiger partial charge is 0.416 e. The van der Waals surface area contributed by atoms with E-state index in [1.807, 2.05) is 0 Å². The van der Waals surface area contributed by atoms with Gasteiger partial charge in [-0.2, -0.15) is 13.2 Å². The monoisotopic (exact) mass is 408 g/mol. The number of benzene rings is 1. The molecule has 28 heavy (non-hydrogen) atoms. The molecule has 0 radical (unpaired) electrons. The first-order valence-corrected chi connectivity index (χ1v) is 8.89. The van der Waals surface area contributed by atoms with Crippen LogP contribution in [0.25, 0.3) is 11.4 Å². The lowest BCUT2D eigenvalue weighted by molar-refractivity contribution is -0.137. The molecule has 0 fully saturated rings. The molecular weight excluding hydrogens is 393 g/mol. The second-order valence-corrected chi connectivity index (χ2v) is 7.05. The predicted molar refractivity (Wildman–Crippen MR) is 98.8 cm³/mol. The molecule has 3 N–H and O–H groups in total. The number of hydrogen-bond acceptors (Lipinski definition) is 6. The highest BCUT2D eigenvalue weighted by molar-refractivity contribution is 8.00. The van der Waals surface area contributed by atoms with Gasteiger partial charge in [0.25, 0.3) is 0 Å². The van der Waals surface area contributed by atoms with Gasteiger partial charge in [0.2, 0.25) is 11.1 Å². The fourth-order valence-electron chi connectivity index (χ4n) is 2.25. The zero-order chi connectivity index (χ0) is 20.3. The smallest absolute Gasteiger partial charge is 0.335 e. The third kappa shape index (κ3) is 4.42. The van der Waals surface area contributed by atoms with Crippen molar-refractivity contribution < 1.29 is 18.0 Å². The normalized spacial score (nSPS) is 12.6. The van der Waals surface area contributed by atoms with Gasteiger partial charge in [-0.15, -0.1) is 10.2 Å². The summed E-state index contributed by atoms with van der Waals surface area (Å²) in [5.41, 5.74) is 0.147. The lowest BCUT2D eigenvalue weighted by Gasteiger charge is -2.12. The number of carbonyl (C=O) groups excluding carboxylic acids is 1. The Bertz CT molecular complexity index is 959. The number of nitrogens with one attached hydrogen (secondary N) is 1. The summed E-state index contributed by atoms with van der Waals surface area (Å²) < 4.78 is 39.0. The summed E-state index contributed by atoms with van der Waals surface area (Å²) in [7, 11) is 0. The maximum Gasteiger partial charge on any atom is 0.416 e. The molecule has 2 heterocycles. The quantitative estimate of drug-likeness (QED) is 0.497. The van der Waals surface area contributed by atoms with Crippen molar-refractivity contribution in [2.75, 3.05) is 11.2 Å². The van der Waals surface area contributed by atoms with Crippen LogP contribution in [-0.4, -0.2) is 31.0 Å². The predicted octanol–water partition coefficient (Wildman–Crippen LogP) is 3.19. The fourth-order valence-corrected chi connectivity index (χ4v) is 3.02. The van der Waals surface area contributed by atoms with Crippen molar-refractivity contribution in [3.63, 3.8) is 0 Å². The molecule has 0 aliphatic carbocycles. The number of rotatable bonds is 5. The van der Waals surface area contributed by atoms with E-state index in [1.54, 1.807) is 31.5 Å². The number of amides is 1. The van der Waals surface area contributed by atoms with E-state index < -0.39 is 22.9 Å². The number of nitrogens with zero attached hydrogens (tertiary/aromatic N) is 4. The van der Waals surface area contributed by atoms with Gasteiger partial charge >= 0.3 is 6.18 Å². The Morgan fingerprint density at radius 1 is 1.21 bits per heavy atom. The molecule has 3 rings (SSSR count). The molecule has 11 heteroatoms. The Morgan fingerprint density at radius 3 is 2.54 bits per heavy atom. The van der Waals surface area contributed by atoms with Crippen LogP contribution >= 0.6 is 11.8 Å². The Kier molecular flexibility index (Phi) is 5.54. The summed E-state index contributed by atoms with van der Waals surface area (Å²) in [6.07, 6.45) is -1.23. The Hall–Kier alpha value is -3.08. The molecule has 1 atom stereocenters. The molecule has 0 spiro atoms. The van der Waals surface area contributed by atoms with Crippen LogP contribution in [0.3, 0.4) is 0 Å². The lowest BCUT2D eigenvalue weighted by atomic mass is 10.2. The number of thioether (sulfide) groups is 1. The number of halogens is 3. The second kappa shape index (κ2) is 7.89. The zero-order valence-corrected chi connectivity index (χ0v) is 15.3. The molecule has 146 valence electrons. The molecule has 0 unspecified atom stereocenters. The molecule has 3 aromatic rings. The number of alkyl halides is 3. The summed E-state index contributed by atoms with van der Waals surface area (Å²) in [4.78, 5) is 16.3. The summed E-state index contributed by atoms with van der Waals surface area (Å²) in [6.45, 7) is 1.63. The van der Waals surface area contributed by atoms with Gasteiger partial charge in [-0.25, -0.2) is 4.68 Å². The van der Waals surface area contributed by atoms with Crippen LogP contribution < -0.4 is 11.2 Å². The lowest BCUT2D eigenvalue weighted by Crippen LogP contribution is -2.23. The fraction of sp³-hybridized carbons (Fsp3) is 0.176. The highest BCUT2D eigenvalue weighted by atomic mass is 32.2. The van der Waals surface area contributed by atoms with Crippen molar-refractivity contribution >= 4 is 23.4 Å². The average Bonchev–Trinajstić information content (AvgIpc) is 3.02. The van der Waals surface area contributed by atoms with Gasteiger partial charge in [-0.3, -0.25) is 9.78 Å². The molecule has 1 aromatic carbocycles. The van der Waals surface area contributed by atoms with Crippen LogP contribution in [0.2, 0.25) is 0 Å². The highest BCUT2D eigenvalue weighted by Gasteiger charge is 2.30. The Labute approximate surface area is 162 Å². The maximum atomic E-state index is 12.6. The maximum absolute atomic E-state index is 12.6. The van der Waals surface area contributed by atoms with Crippen molar-refractivity contribution in [1.82, 2.24) is 19.9 Å². The van der Waals surface area contributed by atoms with Gasteiger partial charge in [-0.05, 0) is 43.3 Å². The van der Waals surface area contributed by atoms with E-state index in [0.717, 1.165) is 23.9 Å². The van der Waals surface area contributed by atoms with Crippen LogP contribution in [0, 0.1) is 0 Å². The third-order valence-electron chi connectivity index (χ3n) is 3.72. The molecule has 0 saturated carbocycles.